The third-order valence-corrected chi connectivity index (χ3v) is 5.94. The molecule has 0 unspecified atom stereocenters. The minimum Gasteiger partial charge on any atom is -0.849 e. The number of rotatable bonds is 18. The van der Waals surface area contributed by atoms with Crippen LogP contribution in [0.3, 0.4) is 0 Å². The topological polar surface area (TPSA) is 64.6 Å². The molecule has 0 aromatic carbocycles. The Kier molecular flexibility index (Phi) is 15.8. The quantitative estimate of drug-likeness (QED) is 0.258. The van der Waals surface area contributed by atoms with Gasteiger partial charge in [0.2, 0.25) is 0 Å². The SMILES string of the molecule is CO[Si]([O-])([O-])CCCCCCCCCCCCCCCOCC(F)(F)F. The fourth-order valence-corrected chi connectivity index (χ4v) is 3.67. The molecule has 0 N–H and O–H groups in total. The Morgan fingerprint density at radius 3 is 1.46 bits per heavy atom. The predicted octanol–water partition coefficient (Wildman–Crippen LogP) is 3.94. The summed E-state index contributed by atoms with van der Waals surface area (Å²) in [6, 6.07) is 0.165. The Hall–Kier alpha value is -0.153. The van der Waals surface area contributed by atoms with Gasteiger partial charge >= 0.3 is 6.18 Å². The molecule has 0 saturated heterocycles. The van der Waals surface area contributed by atoms with Gasteiger partial charge in [-0.15, -0.1) is 0 Å². The second-order valence-corrected chi connectivity index (χ2v) is 9.18. The smallest absolute Gasteiger partial charge is 0.411 e. The van der Waals surface area contributed by atoms with E-state index in [9.17, 15) is 22.8 Å². The number of hydrogen-bond donors (Lipinski definition) is 0. The van der Waals surface area contributed by atoms with E-state index in [-0.39, 0.29) is 12.7 Å². The van der Waals surface area contributed by atoms with Crippen LogP contribution in [0.15, 0.2) is 0 Å². The van der Waals surface area contributed by atoms with Crippen LogP contribution in [0.25, 0.3) is 0 Å². The maximum absolute atomic E-state index is 11.8. The van der Waals surface area contributed by atoms with E-state index in [1.54, 1.807) is 0 Å². The number of ether oxygens (including phenoxy) is 1. The van der Waals surface area contributed by atoms with Crippen LogP contribution in [0, 0.1) is 0 Å². The molecule has 0 saturated carbocycles. The molecule has 0 heterocycles. The average Bonchev–Trinajstić information content (AvgIpc) is 2.56. The van der Waals surface area contributed by atoms with Crippen molar-refractivity contribution in [2.75, 3.05) is 20.3 Å². The number of alkyl halides is 3. The molecule has 0 spiro atoms. The van der Waals surface area contributed by atoms with Crippen LogP contribution in [-0.4, -0.2) is 35.3 Å². The maximum Gasteiger partial charge on any atom is 0.411 e. The van der Waals surface area contributed by atoms with Gasteiger partial charge in [-0.2, -0.15) is 13.2 Å². The molecule has 0 aromatic rings. The Balaban J connectivity index is 3.12. The van der Waals surface area contributed by atoms with E-state index in [0.717, 1.165) is 38.5 Å². The Morgan fingerprint density at radius 2 is 1.08 bits per heavy atom. The molecule has 8 heteroatoms. The zero-order valence-corrected chi connectivity index (χ0v) is 17.1. The van der Waals surface area contributed by atoms with Crippen LogP contribution < -0.4 is 9.59 Å². The van der Waals surface area contributed by atoms with E-state index >= 15 is 0 Å². The van der Waals surface area contributed by atoms with Gasteiger partial charge in [-0.05, 0) is 15.2 Å². The first-order valence-corrected chi connectivity index (χ1v) is 11.8. The first-order chi connectivity index (χ1) is 12.3. The van der Waals surface area contributed by atoms with Crippen molar-refractivity contribution >= 4 is 8.80 Å². The second-order valence-electron chi connectivity index (χ2n) is 6.90. The highest BCUT2D eigenvalue weighted by Gasteiger charge is 2.27. The zero-order chi connectivity index (χ0) is 19.7. The molecule has 0 rings (SSSR count). The molecular formula is C18H35F3O4Si-2. The van der Waals surface area contributed by atoms with Gasteiger partial charge in [0, 0.05) is 13.7 Å². The molecular weight excluding hydrogens is 365 g/mol. The van der Waals surface area contributed by atoms with Crippen LogP contribution in [0.2, 0.25) is 6.04 Å². The van der Waals surface area contributed by atoms with E-state index in [1.165, 1.54) is 39.2 Å². The van der Waals surface area contributed by atoms with Crippen molar-refractivity contribution in [1.82, 2.24) is 0 Å². The third kappa shape index (κ3) is 20.2. The van der Waals surface area contributed by atoms with Crippen molar-refractivity contribution in [3.8, 4) is 0 Å². The molecule has 0 aliphatic rings. The van der Waals surface area contributed by atoms with Gasteiger partial charge in [0.1, 0.15) is 6.61 Å². The number of unbranched alkanes of at least 4 members (excludes halogenated alkanes) is 12. The minimum absolute atomic E-state index is 0.165. The van der Waals surface area contributed by atoms with Gasteiger partial charge in [0.15, 0.2) is 0 Å². The van der Waals surface area contributed by atoms with Crippen LogP contribution >= 0.6 is 0 Å². The number of hydrogen-bond acceptors (Lipinski definition) is 4. The summed E-state index contributed by atoms with van der Waals surface area (Å²) in [6.45, 7) is -0.947. The van der Waals surface area contributed by atoms with Crippen LogP contribution in [0.1, 0.15) is 83.5 Å². The molecule has 0 atom stereocenters. The summed E-state index contributed by atoms with van der Waals surface area (Å²) in [7, 11) is -2.62. The first kappa shape index (κ1) is 25.8. The normalized spacial score (nSPS) is 12.7. The zero-order valence-electron chi connectivity index (χ0n) is 16.1. The molecule has 0 aromatic heterocycles. The summed E-state index contributed by atoms with van der Waals surface area (Å²) < 4.78 is 44.5. The fourth-order valence-electron chi connectivity index (χ4n) is 2.78. The van der Waals surface area contributed by atoms with Crippen molar-refractivity contribution in [1.29, 1.82) is 0 Å². The van der Waals surface area contributed by atoms with E-state index < -0.39 is 21.6 Å². The monoisotopic (exact) mass is 400 g/mol. The molecule has 0 amide bonds. The highest BCUT2D eigenvalue weighted by Crippen LogP contribution is 2.16. The van der Waals surface area contributed by atoms with Gasteiger partial charge in [0.25, 0.3) is 0 Å². The van der Waals surface area contributed by atoms with E-state index in [0.29, 0.717) is 12.8 Å². The fraction of sp³-hybridized carbons (Fsp3) is 1.00. The van der Waals surface area contributed by atoms with E-state index in [4.69, 9.17) is 0 Å². The van der Waals surface area contributed by atoms with Gasteiger partial charge in [-0.1, -0.05) is 83.1 Å². The summed E-state index contributed by atoms with van der Waals surface area (Å²) in [5, 5.41) is 0. The van der Waals surface area contributed by atoms with Crippen LogP contribution in [0.5, 0.6) is 0 Å². The minimum atomic E-state index is -4.22. The molecule has 158 valence electrons. The summed E-state index contributed by atoms with van der Waals surface area (Å²) in [4.78, 5) is 22.3. The highest BCUT2D eigenvalue weighted by atomic mass is 28.4. The maximum atomic E-state index is 11.8. The summed E-state index contributed by atoms with van der Waals surface area (Å²) in [5.41, 5.74) is 0. The molecule has 0 aliphatic carbocycles. The lowest BCUT2D eigenvalue weighted by atomic mass is 10.0. The first-order valence-electron chi connectivity index (χ1n) is 9.87. The second kappa shape index (κ2) is 15.9. The lowest BCUT2D eigenvalue weighted by Gasteiger charge is -2.44. The molecule has 0 radical (unpaired) electrons. The Bertz CT molecular complexity index is 315. The van der Waals surface area contributed by atoms with Gasteiger partial charge < -0.3 is 18.8 Å². The molecule has 26 heavy (non-hydrogen) atoms. The largest absolute Gasteiger partial charge is 0.849 e. The Labute approximate surface area is 157 Å². The van der Waals surface area contributed by atoms with E-state index in [2.05, 4.69) is 9.16 Å². The molecule has 0 bridgehead atoms. The molecule has 0 fully saturated rings. The van der Waals surface area contributed by atoms with Crippen molar-refractivity contribution in [2.45, 2.75) is 95.7 Å². The summed E-state index contributed by atoms with van der Waals surface area (Å²) in [6.07, 6.45) is 9.46. The lowest BCUT2D eigenvalue weighted by Crippen LogP contribution is -2.64. The average molecular weight is 401 g/mol. The van der Waals surface area contributed by atoms with E-state index in [1.807, 2.05) is 0 Å². The summed E-state index contributed by atoms with van der Waals surface area (Å²) in [5.74, 6) is 0. The predicted molar refractivity (Wildman–Crippen MR) is 94.5 cm³/mol. The Morgan fingerprint density at radius 1 is 0.692 bits per heavy atom. The molecule has 0 aliphatic heterocycles. The third-order valence-electron chi connectivity index (χ3n) is 4.35. The van der Waals surface area contributed by atoms with Crippen molar-refractivity contribution in [3.05, 3.63) is 0 Å². The standard InChI is InChI=1S/C18H35F3O4Si/c1-24-26(22,23)16-14-12-10-8-6-4-2-3-5-7-9-11-13-15-25-17-18(19,20)21/h2-17H2,1H3/q-2. The molecule has 4 nitrogen and oxygen atoms in total. The summed E-state index contributed by atoms with van der Waals surface area (Å²) >= 11 is 0. The van der Waals surface area contributed by atoms with Crippen molar-refractivity contribution in [3.63, 3.8) is 0 Å². The number of halogens is 3. The van der Waals surface area contributed by atoms with Gasteiger partial charge in [0.05, 0.1) is 0 Å². The van der Waals surface area contributed by atoms with Crippen LogP contribution in [0.4, 0.5) is 13.2 Å². The van der Waals surface area contributed by atoms with Crippen molar-refractivity contribution < 1.29 is 31.9 Å². The van der Waals surface area contributed by atoms with Crippen LogP contribution in [-0.2, 0) is 9.16 Å². The highest BCUT2D eigenvalue weighted by molar-refractivity contribution is 6.53. The van der Waals surface area contributed by atoms with Crippen molar-refractivity contribution in [2.24, 2.45) is 0 Å². The van der Waals surface area contributed by atoms with Gasteiger partial charge in [-0.25, -0.2) is 0 Å². The van der Waals surface area contributed by atoms with Gasteiger partial charge in [-0.3, -0.25) is 0 Å². The lowest BCUT2D eigenvalue weighted by molar-refractivity contribution is -0.404.